The quantitative estimate of drug-likeness (QED) is 0.172. The molecule has 2 aromatic rings. The molecule has 0 unspecified atom stereocenters. The molecule has 7 nitrogen and oxygen atoms in total. The zero-order valence-electron chi connectivity index (χ0n) is 18.7. The third-order valence-corrected chi connectivity index (χ3v) is 4.93. The Kier molecular flexibility index (Phi) is 11.1. The number of hydrogen-bond acceptors (Lipinski definition) is 4. The largest absolute Gasteiger partial charge is 0.497 e. The van der Waals surface area contributed by atoms with Gasteiger partial charge in [0.15, 0.2) is 5.96 Å². The van der Waals surface area contributed by atoms with Gasteiger partial charge in [-0.05, 0) is 49.9 Å². The molecule has 8 heteroatoms. The van der Waals surface area contributed by atoms with Crippen molar-refractivity contribution in [3.63, 3.8) is 0 Å². The van der Waals surface area contributed by atoms with E-state index in [1.54, 1.807) is 25.3 Å². The monoisotopic (exact) mass is 552 g/mol. The van der Waals surface area contributed by atoms with Crippen LogP contribution in [-0.2, 0) is 6.54 Å². The predicted molar refractivity (Wildman–Crippen MR) is 138 cm³/mol. The van der Waals surface area contributed by atoms with Gasteiger partial charge >= 0.3 is 0 Å². The highest BCUT2D eigenvalue weighted by atomic mass is 127. The molecule has 0 heterocycles. The van der Waals surface area contributed by atoms with E-state index >= 15 is 0 Å². The lowest BCUT2D eigenvalue weighted by Crippen LogP contribution is -2.41. The minimum absolute atomic E-state index is 0. The van der Waals surface area contributed by atoms with Crippen molar-refractivity contribution in [2.75, 3.05) is 33.4 Å². The molecule has 32 heavy (non-hydrogen) atoms. The Labute approximate surface area is 207 Å². The van der Waals surface area contributed by atoms with Crippen molar-refractivity contribution in [1.82, 2.24) is 16.0 Å². The SMILES string of the molecule is CCNC(=NCc1ccccc1OCC1CC1)NCCNC(=O)c1cccc(OC)c1.I. The number of guanidine groups is 1. The van der Waals surface area contributed by atoms with Crippen LogP contribution in [-0.4, -0.2) is 45.2 Å². The highest BCUT2D eigenvalue weighted by Gasteiger charge is 2.22. The van der Waals surface area contributed by atoms with Crippen LogP contribution in [0, 0.1) is 5.92 Å². The summed E-state index contributed by atoms with van der Waals surface area (Å²) in [5.74, 6) is 2.84. The lowest BCUT2D eigenvalue weighted by Gasteiger charge is -2.13. The summed E-state index contributed by atoms with van der Waals surface area (Å²) in [5, 5.41) is 9.40. The second kappa shape index (κ2) is 13.8. The molecule has 0 aliphatic heterocycles. The van der Waals surface area contributed by atoms with Gasteiger partial charge in [-0.1, -0.05) is 24.3 Å². The fourth-order valence-corrected chi connectivity index (χ4v) is 3.00. The van der Waals surface area contributed by atoms with Crippen LogP contribution < -0.4 is 25.4 Å². The van der Waals surface area contributed by atoms with Gasteiger partial charge in [0, 0.05) is 30.8 Å². The molecule has 174 valence electrons. The molecule has 0 aromatic heterocycles. The predicted octanol–water partition coefficient (Wildman–Crippen LogP) is 3.59. The summed E-state index contributed by atoms with van der Waals surface area (Å²) in [6.45, 7) is 5.11. The number of benzene rings is 2. The maximum Gasteiger partial charge on any atom is 0.251 e. The highest BCUT2D eigenvalue weighted by molar-refractivity contribution is 14.0. The van der Waals surface area contributed by atoms with E-state index in [9.17, 15) is 4.79 Å². The molecule has 3 N–H and O–H groups in total. The molecule has 1 saturated carbocycles. The first-order valence-corrected chi connectivity index (χ1v) is 10.8. The summed E-state index contributed by atoms with van der Waals surface area (Å²) < 4.78 is 11.1. The normalized spacial score (nSPS) is 13.0. The molecule has 2 aromatic carbocycles. The van der Waals surface area contributed by atoms with Crippen molar-refractivity contribution in [3.8, 4) is 11.5 Å². The van der Waals surface area contributed by atoms with Crippen molar-refractivity contribution >= 4 is 35.8 Å². The average molecular weight is 552 g/mol. The van der Waals surface area contributed by atoms with Crippen LogP contribution in [0.4, 0.5) is 0 Å². The molecule has 0 saturated heterocycles. The number of nitrogens with zero attached hydrogens (tertiary/aromatic N) is 1. The van der Waals surface area contributed by atoms with Crippen LogP contribution >= 0.6 is 24.0 Å². The van der Waals surface area contributed by atoms with Crippen LogP contribution in [0.3, 0.4) is 0 Å². The van der Waals surface area contributed by atoms with E-state index in [-0.39, 0.29) is 29.9 Å². The second-order valence-electron chi connectivity index (χ2n) is 7.47. The van der Waals surface area contributed by atoms with Crippen LogP contribution in [0.1, 0.15) is 35.7 Å². The van der Waals surface area contributed by atoms with Gasteiger partial charge < -0.3 is 25.4 Å². The first kappa shape index (κ1) is 25.8. The van der Waals surface area contributed by atoms with Gasteiger partial charge in [0.1, 0.15) is 11.5 Å². The van der Waals surface area contributed by atoms with Gasteiger partial charge in [-0.25, -0.2) is 4.99 Å². The summed E-state index contributed by atoms with van der Waals surface area (Å²) >= 11 is 0. The number of carbonyl (C=O) groups excluding carboxylic acids is 1. The standard InChI is InChI=1S/C24H32N4O3.HI/c1-3-25-24(27-14-13-26-23(29)19-8-6-9-21(15-19)30-2)28-16-20-7-4-5-10-22(20)31-17-18-11-12-18;/h4-10,15,18H,3,11-14,16-17H2,1-2H3,(H,26,29)(H2,25,27,28);1H. The number of aliphatic imine (C=N–C) groups is 1. The van der Waals surface area contributed by atoms with Gasteiger partial charge in [-0.15, -0.1) is 24.0 Å². The third-order valence-electron chi connectivity index (χ3n) is 4.93. The number of methoxy groups -OCH3 is 1. The summed E-state index contributed by atoms with van der Waals surface area (Å²) in [4.78, 5) is 17.0. The van der Waals surface area contributed by atoms with Gasteiger partial charge in [0.2, 0.25) is 0 Å². The number of para-hydroxylation sites is 1. The van der Waals surface area contributed by atoms with Crippen LogP contribution in [0.25, 0.3) is 0 Å². The smallest absolute Gasteiger partial charge is 0.251 e. The zero-order valence-corrected chi connectivity index (χ0v) is 21.1. The number of ether oxygens (including phenoxy) is 2. The number of rotatable bonds is 11. The lowest BCUT2D eigenvalue weighted by molar-refractivity contribution is 0.0954. The molecule has 0 spiro atoms. The topological polar surface area (TPSA) is 84.0 Å². The Morgan fingerprint density at radius 2 is 1.84 bits per heavy atom. The Morgan fingerprint density at radius 1 is 1.06 bits per heavy atom. The van der Waals surface area contributed by atoms with Crippen LogP contribution in [0.2, 0.25) is 0 Å². The number of nitrogens with one attached hydrogen (secondary N) is 3. The van der Waals surface area contributed by atoms with E-state index in [0.717, 1.165) is 24.5 Å². The summed E-state index contributed by atoms with van der Waals surface area (Å²) in [5.41, 5.74) is 1.63. The van der Waals surface area contributed by atoms with E-state index < -0.39 is 0 Å². The number of halogens is 1. The summed E-state index contributed by atoms with van der Waals surface area (Å²) in [6, 6.07) is 15.1. The third kappa shape index (κ3) is 8.57. The van der Waals surface area contributed by atoms with Gasteiger partial charge in [0.25, 0.3) is 5.91 Å². The number of carbonyl (C=O) groups is 1. The Bertz CT molecular complexity index is 887. The molecular weight excluding hydrogens is 519 g/mol. The van der Waals surface area contributed by atoms with Crippen molar-refractivity contribution in [2.24, 2.45) is 10.9 Å². The lowest BCUT2D eigenvalue weighted by atomic mass is 10.2. The maximum absolute atomic E-state index is 12.3. The highest BCUT2D eigenvalue weighted by Crippen LogP contribution is 2.30. The molecule has 3 rings (SSSR count). The first-order valence-electron chi connectivity index (χ1n) is 10.8. The van der Waals surface area contributed by atoms with Crippen molar-refractivity contribution in [2.45, 2.75) is 26.3 Å². The molecule has 0 radical (unpaired) electrons. The van der Waals surface area contributed by atoms with E-state index in [0.29, 0.717) is 42.8 Å². The van der Waals surface area contributed by atoms with Crippen molar-refractivity contribution in [1.29, 1.82) is 0 Å². The number of hydrogen-bond donors (Lipinski definition) is 3. The Morgan fingerprint density at radius 3 is 2.59 bits per heavy atom. The molecule has 0 bridgehead atoms. The van der Waals surface area contributed by atoms with E-state index in [1.165, 1.54) is 12.8 Å². The molecule has 1 amide bonds. The minimum atomic E-state index is -0.135. The van der Waals surface area contributed by atoms with Crippen LogP contribution in [0.15, 0.2) is 53.5 Å². The first-order chi connectivity index (χ1) is 15.2. The second-order valence-corrected chi connectivity index (χ2v) is 7.47. The Hall–Kier alpha value is -2.49. The van der Waals surface area contributed by atoms with Gasteiger partial charge in [-0.2, -0.15) is 0 Å². The summed E-state index contributed by atoms with van der Waals surface area (Å²) in [7, 11) is 1.58. The molecule has 1 aliphatic rings. The molecule has 0 atom stereocenters. The van der Waals surface area contributed by atoms with Gasteiger partial charge in [-0.3, -0.25) is 4.79 Å². The zero-order chi connectivity index (χ0) is 21.9. The molecule has 1 fully saturated rings. The van der Waals surface area contributed by atoms with Crippen molar-refractivity contribution < 1.29 is 14.3 Å². The van der Waals surface area contributed by atoms with Crippen LogP contribution in [0.5, 0.6) is 11.5 Å². The molecule has 1 aliphatic carbocycles. The van der Waals surface area contributed by atoms with E-state index in [1.807, 2.05) is 37.3 Å². The minimum Gasteiger partial charge on any atom is -0.497 e. The molecular formula is C24H33IN4O3. The van der Waals surface area contributed by atoms with Gasteiger partial charge in [0.05, 0.1) is 20.3 Å². The fourth-order valence-electron chi connectivity index (χ4n) is 3.00. The van der Waals surface area contributed by atoms with Crippen molar-refractivity contribution in [3.05, 3.63) is 59.7 Å². The maximum atomic E-state index is 12.3. The van der Waals surface area contributed by atoms with E-state index in [2.05, 4.69) is 20.9 Å². The van der Waals surface area contributed by atoms with E-state index in [4.69, 9.17) is 9.47 Å². The fraction of sp³-hybridized carbons (Fsp3) is 0.417. The Balaban J connectivity index is 0.00000363. The number of amides is 1. The average Bonchev–Trinajstić information content (AvgIpc) is 3.63. The summed E-state index contributed by atoms with van der Waals surface area (Å²) in [6.07, 6.45) is 2.53.